The molecule has 0 saturated carbocycles. The summed E-state index contributed by atoms with van der Waals surface area (Å²) in [6.45, 7) is 0. The molecule has 0 aliphatic carbocycles. The van der Waals surface area contributed by atoms with Crippen LogP contribution in [-0.2, 0) is 0 Å². The number of nitrogens with two attached hydrogens (primary N) is 1. The molecule has 0 aliphatic heterocycles. The van der Waals surface area contributed by atoms with E-state index in [-0.39, 0.29) is 0 Å². The monoisotopic (exact) mass is 185 g/mol. The molecule has 0 radical (unpaired) electrons. The standard InChI is InChI=1S/C9H7N5/c10-6-7-5-8(11)1-2-9(7)14-4-3-12-13-14/h1-5H,11H2. The summed E-state index contributed by atoms with van der Waals surface area (Å²) >= 11 is 0. The zero-order valence-electron chi connectivity index (χ0n) is 7.25. The first-order valence-electron chi connectivity index (χ1n) is 3.97. The summed E-state index contributed by atoms with van der Waals surface area (Å²) in [5.74, 6) is 0. The Morgan fingerprint density at radius 2 is 2.29 bits per heavy atom. The van der Waals surface area contributed by atoms with Crippen LogP contribution in [0.2, 0.25) is 0 Å². The lowest BCUT2D eigenvalue weighted by Crippen LogP contribution is -1.99. The van der Waals surface area contributed by atoms with Gasteiger partial charge in [0.25, 0.3) is 0 Å². The molecule has 1 aromatic carbocycles. The molecular formula is C9H7N5. The maximum atomic E-state index is 8.87. The van der Waals surface area contributed by atoms with Crippen molar-refractivity contribution in [1.29, 1.82) is 5.26 Å². The van der Waals surface area contributed by atoms with Crippen LogP contribution in [0.1, 0.15) is 5.56 Å². The number of benzene rings is 1. The minimum absolute atomic E-state index is 0.482. The van der Waals surface area contributed by atoms with E-state index in [1.165, 1.54) is 4.68 Å². The SMILES string of the molecule is N#Cc1cc(N)ccc1-n1ccnn1. The van der Waals surface area contributed by atoms with E-state index in [2.05, 4.69) is 16.4 Å². The Balaban J connectivity index is 2.60. The van der Waals surface area contributed by atoms with Gasteiger partial charge in [-0.25, -0.2) is 4.68 Å². The maximum absolute atomic E-state index is 8.87. The van der Waals surface area contributed by atoms with Crippen LogP contribution in [0.25, 0.3) is 5.69 Å². The first kappa shape index (κ1) is 8.26. The second-order valence-corrected chi connectivity index (χ2v) is 2.74. The van der Waals surface area contributed by atoms with Gasteiger partial charge >= 0.3 is 0 Å². The Hall–Kier alpha value is -2.35. The highest BCUT2D eigenvalue weighted by molar-refractivity contribution is 5.56. The van der Waals surface area contributed by atoms with Gasteiger partial charge in [-0.15, -0.1) is 5.10 Å². The average Bonchev–Trinajstić information content (AvgIpc) is 2.70. The van der Waals surface area contributed by atoms with Crippen LogP contribution in [0, 0.1) is 11.3 Å². The minimum Gasteiger partial charge on any atom is -0.399 e. The Morgan fingerprint density at radius 3 is 2.93 bits per heavy atom. The third-order valence-corrected chi connectivity index (χ3v) is 1.81. The van der Waals surface area contributed by atoms with Crippen molar-refractivity contribution in [2.45, 2.75) is 0 Å². The number of anilines is 1. The van der Waals surface area contributed by atoms with Crippen molar-refractivity contribution in [1.82, 2.24) is 15.0 Å². The number of nitriles is 1. The lowest BCUT2D eigenvalue weighted by molar-refractivity contribution is 0.801. The number of hydrogen-bond donors (Lipinski definition) is 1. The molecule has 2 rings (SSSR count). The zero-order chi connectivity index (χ0) is 9.97. The van der Waals surface area contributed by atoms with Gasteiger partial charge in [0.05, 0.1) is 23.6 Å². The van der Waals surface area contributed by atoms with Crippen molar-refractivity contribution in [3.63, 3.8) is 0 Å². The van der Waals surface area contributed by atoms with E-state index in [1.807, 2.05) is 0 Å². The summed E-state index contributed by atoms with van der Waals surface area (Å²) in [5.41, 5.74) is 7.28. The van der Waals surface area contributed by atoms with Gasteiger partial charge in [0.1, 0.15) is 6.07 Å². The fourth-order valence-electron chi connectivity index (χ4n) is 1.18. The highest BCUT2D eigenvalue weighted by Crippen LogP contribution is 2.15. The van der Waals surface area contributed by atoms with Gasteiger partial charge in [0.2, 0.25) is 0 Å². The molecule has 14 heavy (non-hydrogen) atoms. The lowest BCUT2D eigenvalue weighted by Gasteiger charge is -2.02. The van der Waals surface area contributed by atoms with E-state index < -0.39 is 0 Å². The Kier molecular flexibility index (Phi) is 1.88. The van der Waals surface area contributed by atoms with Crippen molar-refractivity contribution in [2.75, 3.05) is 5.73 Å². The highest BCUT2D eigenvalue weighted by atomic mass is 15.4. The maximum Gasteiger partial charge on any atom is 0.101 e. The molecule has 0 aliphatic rings. The molecule has 0 fully saturated rings. The molecule has 1 aromatic heterocycles. The van der Waals surface area contributed by atoms with Crippen LogP contribution in [0.5, 0.6) is 0 Å². The fourth-order valence-corrected chi connectivity index (χ4v) is 1.18. The largest absolute Gasteiger partial charge is 0.399 e. The van der Waals surface area contributed by atoms with Gasteiger partial charge in [0.15, 0.2) is 0 Å². The summed E-state index contributed by atoms with van der Waals surface area (Å²) < 4.78 is 1.53. The van der Waals surface area contributed by atoms with Crippen molar-refractivity contribution in [3.05, 3.63) is 36.2 Å². The number of hydrogen-bond acceptors (Lipinski definition) is 4. The molecule has 0 bridgehead atoms. The smallest absolute Gasteiger partial charge is 0.101 e. The lowest BCUT2D eigenvalue weighted by atomic mass is 10.2. The number of nitrogen functional groups attached to an aromatic ring is 1. The summed E-state index contributed by atoms with van der Waals surface area (Å²) in [6.07, 6.45) is 3.23. The molecular weight excluding hydrogens is 178 g/mol. The highest BCUT2D eigenvalue weighted by Gasteiger charge is 2.04. The summed E-state index contributed by atoms with van der Waals surface area (Å²) in [5, 5.41) is 16.3. The third-order valence-electron chi connectivity index (χ3n) is 1.81. The Morgan fingerprint density at radius 1 is 1.43 bits per heavy atom. The topological polar surface area (TPSA) is 80.5 Å². The van der Waals surface area contributed by atoms with Crippen LogP contribution in [-0.4, -0.2) is 15.0 Å². The van der Waals surface area contributed by atoms with E-state index in [0.29, 0.717) is 16.9 Å². The van der Waals surface area contributed by atoms with Crippen molar-refractivity contribution < 1.29 is 0 Å². The molecule has 0 spiro atoms. The molecule has 2 N–H and O–H groups in total. The molecule has 0 atom stereocenters. The molecule has 2 aromatic rings. The molecule has 0 unspecified atom stereocenters. The van der Waals surface area contributed by atoms with Crippen LogP contribution in [0.15, 0.2) is 30.6 Å². The summed E-state index contributed by atoms with van der Waals surface area (Å²) in [4.78, 5) is 0. The van der Waals surface area contributed by atoms with E-state index in [9.17, 15) is 0 Å². The van der Waals surface area contributed by atoms with E-state index >= 15 is 0 Å². The second-order valence-electron chi connectivity index (χ2n) is 2.74. The van der Waals surface area contributed by atoms with Crippen LogP contribution >= 0.6 is 0 Å². The van der Waals surface area contributed by atoms with Crippen LogP contribution < -0.4 is 5.73 Å². The predicted octanol–water partition coefficient (Wildman–Crippen LogP) is 0.721. The van der Waals surface area contributed by atoms with Crippen molar-refractivity contribution >= 4 is 5.69 Å². The molecule has 0 amide bonds. The number of aromatic nitrogens is 3. The normalized spacial score (nSPS) is 9.64. The third kappa shape index (κ3) is 1.29. The van der Waals surface area contributed by atoms with E-state index in [0.717, 1.165) is 0 Å². The number of nitrogens with zero attached hydrogens (tertiary/aromatic N) is 4. The molecule has 5 nitrogen and oxygen atoms in total. The van der Waals surface area contributed by atoms with E-state index in [1.54, 1.807) is 30.6 Å². The van der Waals surface area contributed by atoms with Crippen LogP contribution in [0.4, 0.5) is 5.69 Å². The number of rotatable bonds is 1. The van der Waals surface area contributed by atoms with Crippen molar-refractivity contribution in [3.8, 4) is 11.8 Å². The van der Waals surface area contributed by atoms with Gasteiger partial charge in [-0.1, -0.05) is 5.21 Å². The van der Waals surface area contributed by atoms with Gasteiger partial charge in [0, 0.05) is 5.69 Å². The van der Waals surface area contributed by atoms with Gasteiger partial charge in [-0.2, -0.15) is 5.26 Å². The summed E-state index contributed by atoms with van der Waals surface area (Å²) in [7, 11) is 0. The fraction of sp³-hybridized carbons (Fsp3) is 0. The van der Waals surface area contributed by atoms with E-state index in [4.69, 9.17) is 11.0 Å². The molecule has 5 heteroatoms. The Labute approximate surface area is 80.4 Å². The minimum atomic E-state index is 0.482. The quantitative estimate of drug-likeness (QED) is 0.664. The second kappa shape index (κ2) is 3.18. The van der Waals surface area contributed by atoms with Gasteiger partial charge < -0.3 is 5.73 Å². The van der Waals surface area contributed by atoms with Gasteiger partial charge in [-0.05, 0) is 18.2 Å². The zero-order valence-corrected chi connectivity index (χ0v) is 7.25. The van der Waals surface area contributed by atoms with Crippen molar-refractivity contribution in [2.24, 2.45) is 0 Å². The average molecular weight is 185 g/mol. The van der Waals surface area contributed by atoms with Crippen LogP contribution in [0.3, 0.4) is 0 Å². The molecule has 68 valence electrons. The predicted molar refractivity (Wildman–Crippen MR) is 50.5 cm³/mol. The first-order valence-corrected chi connectivity index (χ1v) is 3.97. The molecule has 1 heterocycles. The first-order chi connectivity index (χ1) is 6.81. The summed E-state index contributed by atoms with van der Waals surface area (Å²) in [6, 6.07) is 7.12. The molecule has 0 saturated heterocycles. The Bertz CT molecular complexity index is 480. The van der Waals surface area contributed by atoms with Gasteiger partial charge in [-0.3, -0.25) is 0 Å².